The van der Waals surface area contributed by atoms with Crippen molar-refractivity contribution >= 4 is 11.6 Å². The first-order valence-electron chi connectivity index (χ1n) is 7.86. The van der Waals surface area contributed by atoms with E-state index in [2.05, 4.69) is 25.7 Å². The molecule has 0 radical (unpaired) electrons. The fraction of sp³-hybridized carbons (Fsp3) is 0.0556. The predicted octanol–water partition coefficient (Wildman–Crippen LogP) is 2.88. The van der Waals surface area contributed by atoms with Crippen LogP contribution in [0.15, 0.2) is 65.7 Å². The summed E-state index contributed by atoms with van der Waals surface area (Å²) in [6, 6.07) is 14.4. The number of carbonyl (C=O) groups is 1. The van der Waals surface area contributed by atoms with Crippen LogP contribution in [0.1, 0.15) is 16.2 Å². The summed E-state index contributed by atoms with van der Waals surface area (Å²) in [5.74, 6) is 0.785. The van der Waals surface area contributed by atoms with Gasteiger partial charge in [0.25, 0.3) is 5.91 Å². The molecule has 0 saturated carbocycles. The monoisotopic (exact) mass is 346 g/mol. The molecule has 8 heteroatoms. The number of anilines is 1. The molecule has 0 unspecified atom stereocenters. The molecule has 0 spiro atoms. The smallest absolute Gasteiger partial charge is 0.255 e. The van der Waals surface area contributed by atoms with Crippen LogP contribution in [0.3, 0.4) is 0 Å². The third-order valence-electron chi connectivity index (χ3n) is 3.75. The molecule has 128 valence electrons. The first kappa shape index (κ1) is 15.7. The van der Waals surface area contributed by atoms with Gasteiger partial charge in [0.15, 0.2) is 0 Å². The van der Waals surface area contributed by atoms with Gasteiger partial charge in [0, 0.05) is 23.7 Å². The number of nitrogens with one attached hydrogen (secondary N) is 1. The second-order valence-electron chi connectivity index (χ2n) is 5.59. The zero-order valence-electron chi connectivity index (χ0n) is 13.8. The van der Waals surface area contributed by atoms with Crippen molar-refractivity contribution in [3.05, 3.63) is 72.6 Å². The lowest BCUT2D eigenvalue weighted by Gasteiger charge is -2.08. The Morgan fingerprint density at radius 2 is 1.85 bits per heavy atom. The Labute approximate surface area is 148 Å². The van der Waals surface area contributed by atoms with E-state index >= 15 is 0 Å². The summed E-state index contributed by atoms with van der Waals surface area (Å²) in [4.78, 5) is 16.6. The van der Waals surface area contributed by atoms with Crippen LogP contribution in [0, 0.1) is 6.92 Å². The van der Waals surface area contributed by atoms with Crippen molar-refractivity contribution < 1.29 is 9.32 Å². The van der Waals surface area contributed by atoms with Crippen LogP contribution in [-0.4, -0.2) is 30.8 Å². The quantitative estimate of drug-likeness (QED) is 0.610. The Hall–Kier alpha value is -3.81. The van der Waals surface area contributed by atoms with E-state index in [1.54, 1.807) is 48.4 Å². The third kappa shape index (κ3) is 3.20. The van der Waals surface area contributed by atoms with Gasteiger partial charge in [0.2, 0.25) is 11.7 Å². The molecule has 0 atom stereocenters. The van der Waals surface area contributed by atoms with Crippen LogP contribution in [0.5, 0.6) is 0 Å². The minimum absolute atomic E-state index is 0.207. The number of hydrogen-bond acceptors (Lipinski definition) is 6. The summed E-state index contributed by atoms with van der Waals surface area (Å²) < 4.78 is 6.73. The van der Waals surface area contributed by atoms with E-state index in [4.69, 9.17) is 4.52 Å². The van der Waals surface area contributed by atoms with Crippen molar-refractivity contribution in [1.82, 2.24) is 24.9 Å². The Morgan fingerprint density at radius 1 is 1.08 bits per heavy atom. The fourth-order valence-electron chi connectivity index (χ4n) is 2.47. The van der Waals surface area contributed by atoms with E-state index < -0.39 is 0 Å². The van der Waals surface area contributed by atoms with Crippen molar-refractivity contribution in [3.63, 3.8) is 0 Å². The lowest BCUT2D eigenvalue weighted by molar-refractivity contribution is 0.102. The number of aromatic nitrogens is 5. The molecule has 4 rings (SSSR count). The highest BCUT2D eigenvalue weighted by Gasteiger charge is 2.10. The highest BCUT2D eigenvalue weighted by molar-refractivity contribution is 6.04. The molecule has 2 aromatic heterocycles. The molecule has 8 nitrogen and oxygen atoms in total. The predicted molar refractivity (Wildman–Crippen MR) is 93.8 cm³/mol. The minimum Gasteiger partial charge on any atom is -0.339 e. The van der Waals surface area contributed by atoms with Gasteiger partial charge in [-0.2, -0.15) is 4.98 Å². The summed E-state index contributed by atoms with van der Waals surface area (Å²) in [7, 11) is 0. The summed E-state index contributed by atoms with van der Waals surface area (Å²) in [6.45, 7) is 1.73. The lowest BCUT2D eigenvalue weighted by atomic mass is 10.1. The average molecular weight is 346 g/mol. The lowest BCUT2D eigenvalue weighted by Crippen LogP contribution is -2.12. The van der Waals surface area contributed by atoms with Gasteiger partial charge < -0.3 is 9.84 Å². The van der Waals surface area contributed by atoms with Crippen molar-refractivity contribution in [2.45, 2.75) is 6.92 Å². The van der Waals surface area contributed by atoms with E-state index in [-0.39, 0.29) is 5.91 Å². The summed E-state index contributed by atoms with van der Waals surface area (Å²) in [5.41, 5.74) is 2.85. The topological polar surface area (TPSA) is 98.7 Å². The van der Waals surface area contributed by atoms with Crippen LogP contribution in [0.2, 0.25) is 0 Å². The molecule has 1 N–H and O–H groups in total. The number of hydrogen-bond donors (Lipinski definition) is 1. The number of carbonyl (C=O) groups excluding carboxylic acids is 1. The van der Waals surface area contributed by atoms with Crippen molar-refractivity contribution in [1.29, 1.82) is 0 Å². The second-order valence-corrected chi connectivity index (χ2v) is 5.59. The molecule has 0 aliphatic heterocycles. The molecule has 26 heavy (non-hydrogen) atoms. The van der Waals surface area contributed by atoms with E-state index in [1.807, 2.05) is 24.3 Å². The van der Waals surface area contributed by atoms with Crippen LogP contribution in [0.4, 0.5) is 5.69 Å². The van der Waals surface area contributed by atoms with Gasteiger partial charge in [0.1, 0.15) is 12.7 Å². The number of rotatable bonds is 4. The van der Waals surface area contributed by atoms with Crippen molar-refractivity contribution in [3.8, 4) is 17.1 Å². The molecule has 2 heterocycles. The summed E-state index contributed by atoms with van der Waals surface area (Å²) in [5, 5.41) is 14.3. The van der Waals surface area contributed by atoms with Crippen LogP contribution in [-0.2, 0) is 0 Å². The minimum atomic E-state index is -0.207. The molecular formula is C18H14N6O2. The molecule has 0 bridgehead atoms. The third-order valence-corrected chi connectivity index (χ3v) is 3.75. The molecule has 0 saturated heterocycles. The Bertz CT molecular complexity index is 1040. The normalized spacial score (nSPS) is 10.7. The summed E-state index contributed by atoms with van der Waals surface area (Å²) in [6.07, 6.45) is 3.19. The number of nitrogens with zero attached hydrogens (tertiary/aromatic N) is 5. The maximum absolute atomic E-state index is 12.5. The first-order chi connectivity index (χ1) is 12.7. The largest absolute Gasteiger partial charge is 0.339 e. The van der Waals surface area contributed by atoms with Gasteiger partial charge in [-0.3, -0.25) is 9.36 Å². The zero-order chi connectivity index (χ0) is 17.9. The van der Waals surface area contributed by atoms with Gasteiger partial charge in [0.05, 0.1) is 5.69 Å². The van der Waals surface area contributed by atoms with Gasteiger partial charge in [-0.05, 0) is 30.3 Å². The number of aryl methyl sites for hydroxylation is 1. The van der Waals surface area contributed by atoms with Crippen molar-refractivity contribution in [2.75, 3.05) is 5.32 Å². The fourth-order valence-corrected chi connectivity index (χ4v) is 2.47. The molecule has 0 aliphatic rings. The Kier molecular flexibility index (Phi) is 3.98. The molecule has 1 amide bonds. The van der Waals surface area contributed by atoms with Gasteiger partial charge in [-0.1, -0.05) is 23.4 Å². The average Bonchev–Trinajstić information content (AvgIpc) is 3.34. The first-order valence-corrected chi connectivity index (χ1v) is 7.86. The molecule has 0 aliphatic carbocycles. The van der Waals surface area contributed by atoms with E-state index in [0.717, 1.165) is 11.3 Å². The molecule has 0 fully saturated rings. The van der Waals surface area contributed by atoms with Crippen LogP contribution >= 0.6 is 0 Å². The molecular weight excluding hydrogens is 332 g/mol. The molecule has 4 aromatic rings. The SMILES string of the molecule is Cc1nc(-c2ccc(C(=O)Nc3cccc(-n4cnnc4)c3)cc2)no1. The standard InChI is InChI=1S/C18H14N6O2/c1-12-21-17(23-26-12)13-5-7-14(8-6-13)18(25)22-15-3-2-4-16(9-15)24-10-19-20-11-24/h2-11H,1H3,(H,22,25). The highest BCUT2D eigenvalue weighted by atomic mass is 16.5. The van der Waals surface area contributed by atoms with E-state index in [9.17, 15) is 4.79 Å². The van der Waals surface area contributed by atoms with Gasteiger partial charge >= 0.3 is 0 Å². The van der Waals surface area contributed by atoms with Crippen LogP contribution < -0.4 is 5.32 Å². The number of benzene rings is 2. The Balaban J connectivity index is 1.51. The molecule has 2 aromatic carbocycles. The van der Waals surface area contributed by atoms with E-state index in [0.29, 0.717) is 23.0 Å². The zero-order valence-corrected chi connectivity index (χ0v) is 13.8. The highest BCUT2D eigenvalue weighted by Crippen LogP contribution is 2.18. The maximum Gasteiger partial charge on any atom is 0.255 e. The Morgan fingerprint density at radius 3 is 2.54 bits per heavy atom. The van der Waals surface area contributed by atoms with Crippen molar-refractivity contribution in [2.24, 2.45) is 0 Å². The summed E-state index contributed by atoms with van der Waals surface area (Å²) >= 11 is 0. The van der Waals surface area contributed by atoms with Crippen LogP contribution in [0.25, 0.3) is 17.1 Å². The maximum atomic E-state index is 12.5. The van der Waals surface area contributed by atoms with E-state index in [1.165, 1.54) is 0 Å². The van der Waals surface area contributed by atoms with Gasteiger partial charge in [-0.25, -0.2) is 0 Å². The van der Waals surface area contributed by atoms with Gasteiger partial charge in [-0.15, -0.1) is 10.2 Å². The second kappa shape index (κ2) is 6.60. The number of amides is 1.